The Morgan fingerprint density at radius 1 is 1.79 bits per heavy atom. The molecule has 1 heterocycles. The second-order valence-electron chi connectivity index (χ2n) is 3.09. The molecule has 0 amide bonds. The van der Waals surface area contributed by atoms with Gasteiger partial charge in [0, 0.05) is 12.3 Å². The predicted octanol–water partition coefficient (Wildman–Crippen LogP) is 1.66. The maximum Gasteiger partial charge on any atom is 0.328 e. The van der Waals surface area contributed by atoms with E-state index in [4.69, 9.17) is 17.0 Å². The normalized spacial score (nSPS) is 19.3. The summed E-state index contributed by atoms with van der Waals surface area (Å²) in [7, 11) is 0. The van der Waals surface area contributed by atoms with E-state index >= 15 is 0 Å². The Hall–Kier alpha value is -0.290. The molecule has 0 aromatic carbocycles. The lowest BCUT2D eigenvalue weighted by atomic mass is 10.3. The quantitative estimate of drug-likeness (QED) is 0.546. The van der Waals surface area contributed by atoms with Crippen molar-refractivity contribution in [3.8, 4) is 0 Å². The van der Waals surface area contributed by atoms with Crippen LogP contribution in [0, 0.1) is 0 Å². The molecule has 0 saturated carbocycles. The molecule has 5 heteroatoms. The Morgan fingerprint density at radius 3 is 3.07 bits per heavy atom. The fraction of sp³-hybridized carbons (Fsp3) is 0.778. The monoisotopic (exact) mass is 233 g/mol. The highest BCUT2D eigenvalue weighted by Gasteiger charge is 2.26. The van der Waals surface area contributed by atoms with Gasteiger partial charge in [-0.2, -0.15) is 0 Å². The average Bonchev–Trinajstić information content (AvgIpc) is 2.18. The highest BCUT2D eigenvalue weighted by atomic mass is 32.2. The molecule has 1 rings (SSSR count). The first-order valence-electron chi connectivity index (χ1n) is 4.77. The first kappa shape index (κ1) is 11.8. The smallest absolute Gasteiger partial charge is 0.328 e. The van der Waals surface area contributed by atoms with Crippen LogP contribution in [0.25, 0.3) is 0 Å². The van der Waals surface area contributed by atoms with Crippen LogP contribution in [0.3, 0.4) is 0 Å². The summed E-state index contributed by atoms with van der Waals surface area (Å²) >= 11 is 6.83. The first-order chi connectivity index (χ1) is 6.66. The summed E-state index contributed by atoms with van der Waals surface area (Å²) in [5, 5.41) is 0. The number of hydrogen-bond donors (Lipinski definition) is 0. The number of hydrogen-bond acceptors (Lipinski definition) is 4. The second kappa shape index (κ2) is 5.56. The lowest BCUT2D eigenvalue weighted by Crippen LogP contribution is -2.44. The van der Waals surface area contributed by atoms with Crippen molar-refractivity contribution < 1.29 is 9.53 Å². The Kier molecular flexibility index (Phi) is 4.68. The molecule has 0 unspecified atom stereocenters. The van der Waals surface area contributed by atoms with Gasteiger partial charge in [0.2, 0.25) is 0 Å². The zero-order valence-electron chi connectivity index (χ0n) is 8.49. The summed E-state index contributed by atoms with van der Waals surface area (Å²) in [6.45, 7) is 4.95. The maximum absolute atomic E-state index is 11.5. The molecule has 1 aliphatic rings. The zero-order valence-corrected chi connectivity index (χ0v) is 10.1. The van der Waals surface area contributed by atoms with E-state index in [1.54, 1.807) is 11.8 Å². The van der Waals surface area contributed by atoms with Crippen molar-refractivity contribution in [2.75, 3.05) is 18.9 Å². The third kappa shape index (κ3) is 2.85. The van der Waals surface area contributed by atoms with Gasteiger partial charge >= 0.3 is 5.97 Å². The van der Waals surface area contributed by atoms with Crippen molar-refractivity contribution in [2.45, 2.75) is 26.3 Å². The molecule has 0 aliphatic carbocycles. The highest BCUT2D eigenvalue weighted by molar-refractivity contribution is 8.22. The summed E-state index contributed by atoms with van der Waals surface area (Å²) in [6, 6.07) is -0.241. The number of thiocarbonyl (C=S) groups is 1. The molecule has 1 saturated heterocycles. The van der Waals surface area contributed by atoms with Crippen LogP contribution < -0.4 is 0 Å². The molecule has 0 bridgehead atoms. The number of nitrogens with zero attached hydrogens (tertiary/aromatic N) is 1. The molecule has 1 aliphatic heterocycles. The van der Waals surface area contributed by atoms with Crippen LogP contribution in [0.15, 0.2) is 0 Å². The van der Waals surface area contributed by atoms with Crippen molar-refractivity contribution in [1.82, 2.24) is 4.90 Å². The van der Waals surface area contributed by atoms with Gasteiger partial charge in [-0.3, -0.25) is 0 Å². The van der Waals surface area contributed by atoms with E-state index in [1.807, 2.05) is 18.7 Å². The van der Waals surface area contributed by atoms with Crippen LogP contribution in [0.1, 0.15) is 20.3 Å². The van der Waals surface area contributed by atoms with Gasteiger partial charge in [-0.15, -0.1) is 0 Å². The van der Waals surface area contributed by atoms with Crippen LogP contribution in [0.5, 0.6) is 0 Å². The Labute approximate surface area is 94.2 Å². The minimum absolute atomic E-state index is 0.183. The fourth-order valence-electron chi connectivity index (χ4n) is 1.31. The van der Waals surface area contributed by atoms with Crippen molar-refractivity contribution >= 4 is 34.3 Å². The van der Waals surface area contributed by atoms with Gasteiger partial charge in [0.25, 0.3) is 0 Å². The van der Waals surface area contributed by atoms with Gasteiger partial charge in [-0.05, 0) is 20.3 Å². The van der Waals surface area contributed by atoms with Crippen molar-refractivity contribution in [3.05, 3.63) is 0 Å². The molecule has 0 aromatic rings. The lowest BCUT2D eigenvalue weighted by Gasteiger charge is -2.32. The molecule has 0 spiro atoms. The van der Waals surface area contributed by atoms with Gasteiger partial charge in [-0.1, -0.05) is 24.0 Å². The SMILES string of the molecule is CCOC(=O)[C@H](C)N1CCCSC1=S. The molecule has 3 nitrogen and oxygen atoms in total. The van der Waals surface area contributed by atoms with Gasteiger partial charge < -0.3 is 9.64 Å². The summed E-state index contributed by atoms with van der Waals surface area (Å²) in [5.74, 6) is 0.877. The summed E-state index contributed by atoms with van der Waals surface area (Å²) in [5.41, 5.74) is 0. The third-order valence-electron chi connectivity index (χ3n) is 2.10. The summed E-state index contributed by atoms with van der Waals surface area (Å²) in [6.07, 6.45) is 1.08. The second-order valence-corrected chi connectivity index (χ2v) is 4.82. The molecule has 80 valence electrons. The van der Waals surface area contributed by atoms with E-state index in [0.717, 1.165) is 23.0 Å². The van der Waals surface area contributed by atoms with E-state index in [9.17, 15) is 4.79 Å². The van der Waals surface area contributed by atoms with Crippen LogP contribution in [0.4, 0.5) is 0 Å². The highest BCUT2D eigenvalue weighted by Crippen LogP contribution is 2.20. The van der Waals surface area contributed by atoms with Crippen molar-refractivity contribution in [2.24, 2.45) is 0 Å². The van der Waals surface area contributed by atoms with E-state index in [1.165, 1.54) is 0 Å². The van der Waals surface area contributed by atoms with Gasteiger partial charge in [0.15, 0.2) is 0 Å². The van der Waals surface area contributed by atoms with Gasteiger partial charge in [0.1, 0.15) is 10.4 Å². The lowest BCUT2D eigenvalue weighted by molar-refractivity contribution is -0.147. The standard InChI is InChI=1S/C9H15NO2S2/c1-3-12-8(11)7(2)10-5-4-6-14-9(10)13/h7H,3-6H2,1-2H3/t7-/m0/s1. The third-order valence-corrected chi connectivity index (χ3v) is 3.66. The maximum atomic E-state index is 11.5. The largest absolute Gasteiger partial charge is 0.464 e. The zero-order chi connectivity index (χ0) is 10.6. The van der Waals surface area contributed by atoms with E-state index in [0.29, 0.717) is 6.61 Å². The fourth-order valence-corrected chi connectivity index (χ4v) is 2.67. The van der Waals surface area contributed by atoms with E-state index in [2.05, 4.69) is 0 Å². The Bertz CT molecular complexity index is 233. The van der Waals surface area contributed by atoms with E-state index in [-0.39, 0.29) is 12.0 Å². The number of carbonyl (C=O) groups is 1. The summed E-state index contributed by atoms with van der Waals surface area (Å²) < 4.78 is 5.77. The van der Waals surface area contributed by atoms with Crippen molar-refractivity contribution in [3.63, 3.8) is 0 Å². The molecule has 1 fully saturated rings. The number of ether oxygens (including phenoxy) is 1. The minimum Gasteiger partial charge on any atom is -0.464 e. The topological polar surface area (TPSA) is 29.5 Å². The van der Waals surface area contributed by atoms with Crippen LogP contribution >= 0.6 is 24.0 Å². The summed E-state index contributed by atoms with van der Waals surface area (Å²) in [4.78, 5) is 13.4. The number of thioether (sulfide) groups is 1. The Balaban J connectivity index is 2.53. The number of carbonyl (C=O) groups excluding carboxylic acids is 1. The van der Waals surface area contributed by atoms with E-state index < -0.39 is 0 Å². The Morgan fingerprint density at radius 2 is 2.50 bits per heavy atom. The molecule has 14 heavy (non-hydrogen) atoms. The molecule has 0 radical (unpaired) electrons. The van der Waals surface area contributed by atoms with Crippen LogP contribution in [0.2, 0.25) is 0 Å². The molecular weight excluding hydrogens is 218 g/mol. The van der Waals surface area contributed by atoms with Crippen molar-refractivity contribution in [1.29, 1.82) is 0 Å². The predicted molar refractivity (Wildman–Crippen MR) is 62.5 cm³/mol. The van der Waals surface area contributed by atoms with Crippen LogP contribution in [-0.4, -0.2) is 40.1 Å². The molecular formula is C9H15NO2S2. The van der Waals surface area contributed by atoms with Gasteiger partial charge in [-0.25, -0.2) is 4.79 Å². The minimum atomic E-state index is -0.241. The molecule has 0 aromatic heterocycles. The number of esters is 1. The number of rotatable bonds is 3. The van der Waals surface area contributed by atoms with Crippen LogP contribution in [-0.2, 0) is 9.53 Å². The molecule has 0 N–H and O–H groups in total. The molecule has 1 atom stereocenters. The average molecular weight is 233 g/mol. The first-order valence-corrected chi connectivity index (χ1v) is 6.16. The van der Waals surface area contributed by atoms with Gasteiger partial charge in [0.05, 0.1) is 6.61 Å².